The molecule has 34 heavy (non-hydrogen) atoms. The van der Waals surface area contributed by atoms with Crippen LogP contribution in [0.1, 0.15) is 43.6 Å². The maximum atomic E-state index is 6.19. The molecule has 174 valence electrons. The molecule has 1 fully saturated rings. The number of aromatic nitrogens is 1. The number of ether oxygens (including phenoxy) is 3. The molecule has 0 amide bonds. The van der Waals surface area contributed by atoms with E-state index < -0.39 is 0 Å². The van der Waals surface area contributed by atoms with Crippen molar-refractivity contribution in [2.75, 3.05) is 19.5 Å². The van der Waals surface area contributed by atoms with Gasteiger partial charge in [-0.05, 0) is 72.9 Å². The average Bonchev–Trinajstić information content (AvgIpc) is 2.90. The number of rotatable bonds is 7. The second-order valence-corrected chi connectivity index (χ2v) is 8.74. The zero-order chi connectivity index (χ0) is 23.3. The molecule has 0 atom stereocenters. The van der Waals surface area contributed by atoms with Crippen molar-refractivity contribution in [1.29, 1.82) is 0 Å². The van der Waals surface area contributed by atoms with Crippen molar-refractivity contribution in [3.05, 3.63) is 78.5 Å². The summed E-state index contributed by atoms with van der Waals surface area (Å²) in [5.41, 5.74) is 4.36. The molecule has 5 heteroatoms. The Labute approximate surface area is 200 Å². The Bertz CT molecular complexity index is 1250. The Morgan fingerprint density at radius 1 is 0.735 bits per heavy atom. The van der Waals surface area contributed by atoms with Crippen LogP contribution in [0, 0.1) is 0 Å². The minimum absolute atomic E-state index is 0.641. The molecule has 4 aromatic rings. The van der Waals surface area contributed by atoms with Gasteiger partial charge in [0.1, 0.15) is 11.5 Å². The predicted molar refractivity (Wildman–Crippen MR) is 137 cm³/mol. The van der Waals surface area contributed by atoms with Crippen molar-refractivity contribution in [3.63, 3.8) is 0 Å². The quantitative estimate of drug-likeness (QED) is 0.308. The topological polar surface area (TPSA) is 52.6 Å². The van der Waals surface area contributed by atoms with E-state index in [0.29, 0.717) is 17.2 Å². The number of methoxy groups -OCH3 is 2. The molecule has 5 nitrogen and oxygen atoms in total. The molecule has 5 rings (SSSR count). The summed E-state index contributed by atoms with van der Waals surface area (Å²) in [4.78, 5) is 4.44. The molecule has 0 saturated heterocycles. The highest BCUT2D eigenvalue weighted by atomic mass is 16.5. The summed E-state index contributed by atoms with van der Waals surface area (Å²) in [6.07, 6.45) is 8.47. The van der Waals surface area contributed by atoms with E-state index in [1.807, 2.05) is 42.5 Å². The van der Waals surface area contributed by atoms with Crippen molar-refractivity contribution < 1.29 is 14.2 Å². The van der Waals surface area contributed by atoms with Gasteiger partial charge in [0.15, 0.2) is 11.5 Å². The fraction of sp³-hybridized carbons (Fsp3) is 0.276. The van der Waals surface area contributed by atoms with Crippen LogP contribution >= 0.6 is 0 Å². The van der Waals surface area contributed by atoms with Gasteiger partial charge in [-0.3, -0.25) is 4.98 Å². The molecule has 0 aliphatic heterocycles. The van der Waals surface area contributed by atoms with Crippen LogP contribution in [-0.4, -0.2) is 19.2 Å². The van der Waals surface area contributed by atoms with Crippen LogP contribution in [0.5, 0.6) is 23.0 Å². The fourth-order valence-corrected chi connectivity index (χ4v) is 4.71. The lowest BCUT2D eigenvalue weighted by Gasteiger charge is -2.22. The number of benzene rings is 3. The molecular weight excluding hydrogens is 424 g/mol. The SMILES string of the molecule is COc1cc2nccc(Oc3ccc(Nc4ccc(C5CCCCC5)cc4)cc3)c2cc1OC. The first-order valence-electron chi connectivity index (χ1n) is 11.9. The highest BCUT2D eigenvalue weighted by molar-refractivity contribution is 5.88. The number of anilines is 2. The second-order valence-electron chi connectivity index (χ2n) is 8.74. The van der Waals surface area contributed by atoms with E-state index in [1.165, 1.54) is 37.7 Å². The van der Waals surface area contributed by atoms with E-state index in [1.54, 1.807) is 20.4 Å². The van der Waals surface area contributed by atoms with Gasteiger partial charge in [-0.15, -0.1) is 0 Å². The summed E-state index contributed by atoms with van der Waals surface area (Å²) < 4.78 is 17.0. The molecule has 1 aliphatic carbocycles. The molecule has 3 aromatic carbocycles. The fourth-order valence-electron chi connectivity index (χ4n) is 4.71. The van der Waals surface area contributed by atoms with Crippen molar-refractivity contribution in [3.8, 4) is 23.0 Å². The normalized spacial score (nSPS) is 14.1. The van der Waals surface area contributed by atoms with Gasteiger partial charge < -0.3 is 19.5 Å². The maximum Gasteiger partial charge on any atom is 0.162 e. The van der Waals surface area contributed by atoms with Crippen LogP contribution in [0.4, 0.5) is 11.4 Å². The molecule has 1 saturated carbocycles. The number of fused-ring (bicyclic) bond motifs is 1. The van der Waals surface area contributed by atoms with E-state index in [9.17, 15) is 0 Å². The van der Waals surface area contributed by atoms with Gasteiger partial charge in [0.05, 0.1) is 19.7 Å². The van der Waals surface area contributed by atoms with Crippen LogP contribution < -0.4 is 19.5 Å². The number of hydrogen-bond acceptors (Lipinski definition) is 5. The highest BCUT2D eigenvalue weighted by Crippen LogP contribution is 2.37. The summed E-state index contributed by atoms with van der Waals surface area (Å²) in [5, 5.41) is 4.35. The monoisotopic (exact) mass is 454 g/mol. The predicted octanol–water partition coefficient (Wildman–Crippen LogP) is 7.84. The first kappa shape index (κ1) is 22.1. The third-order valence-corrected chi connectivity index (χ3v) is 6.56. The first-order chi connectivity index (χ1) is 16.7. The Morgan fingerprint density at radius 2 is 1.38 bits per heavy atom. The van der Waals surface area contributed by atoms with Gasteiger partial charge in [-0.1, -0.05) is 31.4 Å². The maximum absolute atomic E-state index is 6.19. The van der Waals surface area contributed by atoms with Gasteiger partial charge in [0.2, 0.25) is 0 Å². The Morgan fingerprint density at radius 3 is 2.06 bits per heavy atom. The Hall–Kier alpha value is -3.73. The average molecular weight is 455 g/mol. The Balaban J connectivity index is 1.29. The van der Waals surface area contributed by atoms with Crippen LogP contribution in [0.25, 0.3) is 10.9 Å². The number of hydrogen-bond donors (Lipinski definition) is 1. The molecular formula is C29H30N2O3. The molecule has 0 bridgehead atoms. The number of nitrogens with one attached hydrogen (secondary N) is 1. The van der Waals surface area contributed by atoms with Crippen molar-refractivity contribution in [2.24, 2.45) is 0 Å². The minimum atomic E-state index is 0.641. The summed E-state index contributed by atoms with van der Waals surface area (Å²) in [6.45, 7) is 0. The van der Waals surface area contributed by atoms with Gasteiger partial charge in [0, 0.05) is 29.0 Å². The van der Waals surface area contributed by atoms with Crippen molar-refractivity contribution in [2.45, 2.75) is 38.0 Å². The van der Waals surface area contributed by atoms with E-state index in [-0.39, 0.29) is 0 Å². The molecule has 0 spiro atoms. The summed E-state index contributed by atoms with van der Waals surface area (Å²) in [5.74, 6) is 3.47. The minimum Gasteiger partial charge on any atom is -0.493 e. The van der Waals surface area contributed by atoms with Crippen LogP contribution in [0.15, 0.2) is 72.9 Å². The zero-order valence-corrected chi connectivity index (χ0v) is 19.7. The van der Waals surface area contributed by atoms with Crippen molar-refractivity contribution >= 4 is 22.3 Å². The van der Waals surface area contributed by atoms with Gasteiger partial charge in [-0.2, -0.15) is 0 Å². The standard InChI is InChI=1S/C29H30N2O3/c1-32-28-18-25-26(19-29(28)33-2)30-17-16-27(25)34-24-14-12-23(13-15-24)31-22-10-8-21(9-11-22)20-6-4-3-5-7-20/h8-20,31H,3-7H2,1-2H3. The molecule has 1 aromatic heterocycles. The molecule has 1 heterocycles. The van der Waals surface area contributed by atoms with Gasteiger partial charge in [-0.25, -0.2) is 0 Å². The number of nitrogens with zero attached hydrogens (tertiary/aromatic N) is 1. The molecule has 1 aliphatic rings. The van der Waals surface area contributed by atoms with E-state index in [4.69, 9.17) is 14.2 Å². The second kappa shape index (κ2) is 10.0. The highest BCUT2D eigenvalue weighted by Gasteiger charge is 2.15. The van der Waals surface area contributed by atoms with Crippen LogP contribution in [0.2, 0.25) is 0 Å². The first-order valence-corrected chi connectivity index (χ1v) is 11.9. The number of pyridine rings is 1. The Kier molecular flexibility index (Phi) is 6.52. The van der Waals surface area contributed by atoms with Crippen molar-refractivity contribution in [1.82, 2.24) is 4.98 Å². The third kappa shape index (κ3) is 4.79. The molecule has 0 unspecified atom stereocenters. The van der Waals surface area contributed by atoms with Crippen LogP contribution in [0.3, 0.4) is 0 Å². The summed E-state index contributed by atoms with van der Waals surface area (Å²) >= 11 is 0. The summed E-state index contributed by atoms with van der Waals surface area (Å²) in [6, 6.07) is 22.5. The van der Waals surface area contributed by atoms with E-state index >= 15 is 0 Å². The zero-order valence-electron chi connectivity index (χ0n) is 19.7. The third-order valence-electron chi connectivity index (χ3n) is 6.56. The molecule has 0 radical (unpaired) electrons. The van der Waals surface area contributed by atoms with E-state index in [2.05, 4.69) is 34.6 Å². The lowest BCUT2D eigenvalue weighted by Crippen LogP contribution is -2.04. The largest absolute Gasteiger partial charge is 0.493 e. The smallest absolute Gasteiger partial charge is 0.162 e. The van der Waals surface area contributed by atoms with E-state index in [0.717, 1.165) is 33.9 Å². The van der Waals surface area contributed by atoms with Gasteiger partial charge >= 0.3 is 0 Å². The molecule has 1 N–H and O–H groups in total. The van der Waals surface area contributed by atoms with Crippen LogP contribution in [-0.2, 0) is 0 Å². The lowest BCUT2D eigenvalue weighted by molar-refractivity contribution is 0.355. The lowest BCUT2D eigenvalue weighted by atomic mass is 9.84. The van der Waals surface area contributed by atoms with Gasteiger partial charge in [0.25, 0.3) is 0 Å². The summed E-state index contributed by atoms with van der Waals surface area (Å²) in [7, 11) is 3.24.